The molecule has 0 heterocycles. The van der Waals surface area contributed by atoms with Crippen molar-refractivity contribution in [1.29, 1.82) is 0 Å². The monoisotopic (exact) mass is 299 g/mol. The van der Waals surface area contributed by atoms with Crippen molar-refractivity contribution in [1.82, 2.24) is 10.6 Å². The molecule has 0 aromatic heterocycles. The molecule has 120 valence electrons. The van der Waals surface area contributed by atoms with Crippen LogP contribution in [0.4, 0.5) is 4.79 Å². The lowest BCUT2D eigenvalue weighted by atomic mass is 9.97. The molecule has 0 aromatic carbocycles. The molecule has 1 aliphatic rings. The van der Waals surface area contributed by atoms with Gasteiger partial charge in [-0.25, -0.2) is 9.59 Å². The van der Waals surface area contributed by atoms with Crippen molar-refractivity contribution in [2.75, 3.05) is 0 Å². The van der Waals surface area contributed by atoms with Crippen LogP contribution in [-0.2, 0) is 9.59 Å². The summed E-state index contributed by atoms with van der Waals surface area (Å²) >= 11 is 0. The van der Waals surface area contributed by atoms with Gasteiger partial charge in [0, 0.05) is 12.5 Å². The fraction of sp³-hybridized carbons (Fsp3) is 0.786. The van der Waals surface area contributed by atoms with Crippen LogP contribution in [-0.4, -0.2) is 35.1 Å². The van der Waals surface area contributed by atoms with E-state index in [2.05, 4.69) is 10.6 Å². The third-order valence-corrected chi connectivity index (χ3v) is 3.72. The molecule has 1 aliphatic carbocycles. The molecule has 21 heavy (non-hydrogen) atoms. The SMILES string of the molecule is NC(=O)CCC(NC(=O)NC1CCCCCCC1)C(=O)O. The molecule has 0 spiro atoms. The lowest BCUT2D eigenvalue weighted by Gasteiger charge is -2.22. The first-order chi connectivity index (χ1) is 9.99. The van der Waals surface area contributed by atoms with Gasteiger partial charge >= 0.3 is 12.0 Å². The Morgan fingerprint density at radius 2 is 1.67 bits per heavy atom. The van der Waals surface area contributed by atoms with Crippen LogP contribution < -0.4 is 16.4 Å². The second-order valence-electron chi connectivity index (χ2n) is 5.56. The average molecular weight is 299 g/mol. The van der Waals surface area contributed by atoms with Crippen LogP contribution in [0.25, 0.3) is 0 Å². The van der Waals surface area contributed by atoms with Gasteiger partial charge in [0.05, 0.1) is 0 Å². The first-order valence-corrected chi connectivity index (χ1v) is 7.57. The molecule has 0 bridgehead atoms. The van der Waals surface area contributed by atoms with E-state index in [1.165, 1.54) is 19.3 Å². The third kappa shape index (κ3) is 7.53. The second kappa shape index (κ2) is 9.20. The second-order valence-corrected chi connectivity index (χ2v) is 5.56. The molecule has 5 N–H and O–H groups in total. The maximum atomic E-state index is 11.9. The number of aliphatic carboxylic acids is 1. The highest BCUT2D eigenvalue weighted by Crippen LogP contribution is 2.17. The highest BCUT2D eigenvalue weighted by atomic mass is 16.4. The minimum atomic E-state index is -1.16. The van der Waals surface area contributed by atoms with E-state index in [4.69, 9.17) is 10.8 Å². The standard InChI is InChI=1S/C14H25N3O4/c15-12(18)9-8-11(13(19)20)17-14(21)16-10-6-4-2-1-3-5-7-10/h10-11H,1-9H2,(H2,15,18)(H,19,20)(H2,16,17,21). The Labute approximate surface area is 124 Å². The summed E-state index contributed by atoms with van der Waals surface area (Å²) < 4.78 is 0. The van der Waals surface area contributed by atoms with Gasteiger partial charge in [0.15, 0.2) is 0 Å². The lowest BCUT2D eigenvalue weighted by molar-refractivity contribution is -0.139. The van der Waals surface area contributed by atoms with Gasteiger partial charge in [-0.05, 0) is 19.3 Å². The molecule has 1 unspecified atom stereocenters. The third-order valence-electron chi connectivity index (χ3n) is 3.72. The summed E-state index contributed by atoms with van der Waals surface area (Å²) in [5.74, 6) is -1.74. The number of nitrogens with one attached hydrogen (secondary N) is 2. The quantitative estimate of drug-likeness (QED) is 0.587. The fourth-order valence-electron chi connectivity index (χ4n) is 2.53. The first kappa shape index (κ1) is 17.3. The number of urea groups is 1. The van der Waals surface area contributed by atoms with Crippen molar-refractivity contribution in [3.8, 4) is 0 Å². The van der Waals surface area contributed by atoms with Gasteiger partial charge < -0.3 is 21.5 Å². The molecule has 1 rings (SSSR count). The van der Waals surface area contributed by atoms with Crippen LogP contribution in [0.15, 0.2) is 0 Å². The van der Waals surface area contributed by atoms with Gasteiger partial charge in [0.2, 0.25) is 5.91 Å². The molecule has 3 amide bonds. The van der Waals surface area contributed by atoms with Crippen molar-refractivity contribution in [2.24, 2.45) is 5.73 Å². The van der Waals surface area contributed by atoms with E-state index >= 15 is 0 Å². The molecule has 1 atom stereocenters. The molecular weight excluding hydrogens is 274 g/mol. The zero-order chi connectivity index (χ0) is 15.7. The summed E-state index contributed by atoms with van der Waals surface area (Å²) in [7, 11) is 0. The smallest absolute Gasteiger partial charge is 0.326 e. The number of amides is 3. The molecule has 0 aromatic rings. The topological polar surface area (TPSA) is 122 Å². The number of hydrogen-bond acceptors (Lipinski definition) is 3. The summed E-state index contributed by atoms with van der Waals surface area (Å²) in [6.07, 6.45) is 7.53. The Kier molecular flexibility index (Phi) is 7.56. The van der Waals surface area contributed by atoms with Crippen LogP contribution in [0.1, 0.15) is 57.8 Å². The number of carboxylic acid groups (broad SMARTS) is 1. The van der Waals surface area contributed by atoms with Gasteiger partial charge in [0.1, 0.15) is 6.04 Å². The molecule has 0 radical (unpaired) electrons. The Morgan fingerprint density at radius 1 is 1.10 bits per heavy atom. The van der Waals surface area contributed by atoms with Gasteiger partial charge in [-0.1, -0.05) is 32.1 Å². The summed E-state index contributed by atoms with van der Waals surface area (Å²) in [5.41, 5.74) is 4.99. The highest BCUT2D eigenvalue weighted by Gasteiger charge is 2.22. The van der Waals surface area contributed by atoms with Crippen molar-refractivity contribution >= 4 is 17.9 Å². The number of carbonyl (C=O) groups excluding carboxylic acids is 2. The minimum Gasteiger partial charge on any atom is -0.480 e. The minimum absolute atomic E-state index is 0.00273. The molecule has 7 heteroatoms. The van der Waals surface area contributed by atoms with Crippen molar-refractivity contribution in [3.05, 3.63) is 0 Å². The van der Waals surface area contributed by atoms with E-state index in [0.717, 1.165) is 25.7 Å². The van der Waals surface area contributed by atoms with Crippen molar-refractivity contribution in [2.45, 2.75) is 69.9 Å². The van der Waals surface area contributed by atoms with E-state index in [-0.39, 0.29) is 18.9 Å². The predicted molar refractivity (Wildman–Crippen MR) is 77.6 cm³/mol. The Balaban J connectivity index is 2.40. The molecule has 0 saturated heterocycles. The summed E-state index contributed by atoms with van der Waals surface area (Å²) in [4.78, 5) is 33.6. The summed E-state index contributed by atoms with van der Waals surface area (Å²) in [5, 5.41) is 14.3. The van der Waals surface area contributed by atoms with Gasteiger partial charge in [-0.15, -0.1) is 0 Å². The van der Waals surface area contributed by atoms with Crippen LogP contribution in [0.5, 0.6) is 0 Å². The average Bonchev–Trinajstić information content (AvgIpc) is 2.37. The number of nitrogens with two attached hydrogens (primary N) is 1. The van der Waals surface area contributed by atoms with Crippen LogP contribution in [0, 0.1) is 0 Å². The number of carboxylic acids is 1. The van der Waals surface area contributed by atoms with Crippen LogP contribution in [0.3, 0.4) is 0 Å². The number of rotatable bonds is 6. The van der Waals surface area contributed by atoms with Gasteiger partial charge in [-0.2, -0.15) is 0 Å². The number of carbonyl (C=O) groups is 3. The fourth-order valence-corrected chi connectivity index (χ4v) is 2.53. The zero-order valence-electron chi connectivity index (χ0n) is 12.3. The maximum absolute atomic E-state index is 11.9. The molecule has 0 aliphatic heterocycles. The van der Waals surface area contributed by atoms with E-state index in [1.807, 2.05) is 0 Å². The molecule has 7 nitrogen and oxygen atoms in total. The van der Waals surface area contributed by atoms with Crippen molar-refractivity contribution < 1.29 is 19.5 Å². The molecular formula is C14H25N3O4. The zero-order valence-corrected chi connectivity index (χ0v) is 12.3. The first-order valence-electron chi connectivity index (χ1n) is 7.57. The van der Waals surface area contributed by atoms with E-state index < -0.39 is 23.9 Å². The van der Waals surface area contributed by atoms with Crippen molar-refractivity contribution in [3.63, 3.8) is 0 Å². The normalized spacial score (nSPS) is 18.1. The van der Waals surface area contributed by atoms with Crippen LogP contribution >= 0.6 is 0 Å². The van der Waals surface area contributed by atoms with E-state index in [0.29, 0.717) is 0 Å². The Morgan fingerprint density at radius 3 is 2.19 bits per heavy atom. The molecule has 1 fully saturated rings. The highest BCUT2D eigenvalue weighted by molar-refractivity contribution is 5.83. The summed E-state index contributed by atoms with van der Waals surface area (Å²) in [6.45, 7) is 0. The summed E-state index contributed by atoms with van der Waals surface area (Å²) in [6, 6.07) is -1.49. The van der Waals surface area contributed by atoms with Crippen LogP contribution in [0.2, 0.25) is 0 Å². The number of primary amides is 1. The Hall–Kier alpha value is -1.79. The predicted octanol–water partition coefficient (Wildman–Crippen LogP) is 1.12. The number of hydrogen-bond donors (Lipinski definition) is 4. The Bertz CT molecular complexity index is 365. The maximum Gasteiger partial charge on any atom is 0.326 e. The van der Waals surface area contributed by atoms with Gasteiger partial charge in [0.25, 0.3) is 0 Å². The van der Waals surface area contributed by atoms with E-state index in [9.17, 15) is 14.4 Å². The van der Waals surface area contributed by atoms with E-state index in [1.54, 1.807) is 0 Å². The largest absolute Gasteiger partial charge is 0.480 e. The molecule has 1 saturated carbocycles. The van der Waals surface area contributed by atoms with Gasteiger partial charge in [-0.3, -0.25) is 4.79 Å². The lowest BCUT2D eigenvalue weighted by Crippen LogP contribution is -2.49.